The molecule has 0 spiro atoms. The second-order valence-corrected chi connectivity index (χ2v) is 7.98. The molecule has 3 aromatic rings. The van der Waals surface area contributed by atoms with Gasteiger partial charge < -0.3 is 4.74 Å². The topological polar surface area (TPSA) is 22.1 Å². The summed E-state index contributed by atoms with van der Waals surface area (Å²) in [5, 5.41) is 0.766. The summed E-state index contributed by atoms with van der Waals surface area (Å²) in [5.74, 6) is 0.754. The fourth-order valence-corrected chi connectivity index (χ4v) is 4.69. The van der Waals surface area contributed by atoms with E-state index in [4.69, 9.17) is 9.72 Å². The van der Waals surface area contributed by atoms with E-state index in [9.17, 15) is 13.2 Å². The zero-order valence-corrected chi connectivity index (χ0v) is 15.7. The molecule has 0 unspecified atom stereocenters. The summed E-state index contributed by atoms with van der Waals surface area (Å²) in [6.07, 6.45) is -2.98. The van der Waals surface area contributed by atoms with Gasteiger partial charge in [-0.3, -0.25) is 0 Å². The second kappa shape index (κ2) is 6.37. The Morgan fingerprint density at radius 2 is 1.70 bits per heavy atom. The molecule has 1 fully saturated rings. The van der Waals surface area contributed by atoms with E-state index < -0.39 is 17.2 Å². The number of alkyl halides is 3. The van der Waals surface area contributed by atoms with Crippen LogP contribution in [0.15, 0.2) is 48.5 Å². The Morgan fingerprint density at radius 3 is 2.30 bits per heavy atom. The number of methoxy groups -OCH3 is 1. The highest BCUT2D eigenvalue weighted by molar-refractivity contribution is 7.12. The monoisotopic (exact) mass is 389 g/mol. The van der Waals surface area contributed by atoms with Gasteiger partial charge >= 0.3 is 6.18 Å². The minimum atomic E-state index is -4.36. The number of rotatable bonds is 4. The molecule has 0 amide bonds. The van der Waals surface area contributed by atoms with Crippen molar-refractivity contribution in [2.45, 2.75) is 31.4 Å². The number of nitrogens with zero attached hydrogens (tertiary/aromatic N) is 1. The fourth-order valence-electron chi connectivity index (χ4n) is 3.49. The van der Waals surface area contributed by atoms with Gasteiger partial charge in [-0.25, -0.2) is 4.98 Å². The van der Waals surface area contributed by atoms with Crippen molar-refractivity contribution in [3.8, 4) is 17.0 Å². The molecule has 1 heterocycles. The van der Waals surface area contributed by atoms with Crippen molar-refractivity contribution in [2.75, 3.05) is 7.11 Å². The average molecular weight is 389 g/mol. The SMILES string of the molecule is COc1ccc(-c2nc(C3(c4ccccc4C(F)(F)F)CC3)sc2C)cc1. The molecule has 1 aliphatic rings. The Hall–Kier alpha value is -2.34. The van der Waals surface area contributed by atoms with E-state index in [0.29, 0.717) is 18.4 Å². The first kappa shape index (κ1) is 18.0. The molecule has 2 nitrogen and oxygen atoms in total. The molecule has 1 aliphatic carbocycles. The van der Waals surface area contributed by atoms with Crippen LogP contribution in [0.1, 0.15) is 33.9 Å². The van der Waals surface area contributed by atoms with E-state index in [1.54, 1.807) is 19.2 Å². The van der Waals surface area contributed by atoms with Crippen LogP contribution in [0.3, 0.4) is 0 Å². The van der Waals surface area contributed by atoms with Crippen LogP contribution in [0.2, 0.25) is 0 Å². The quantitative estimate of drug-likeness (QED) is 0.528. The smallest absolute Gasteiger partial charge is 0.416 e. The first-order valence-corrected chi connectivity index (χ1v) is 9.46. The first-order valence-electron chi connectivity index (χ1n) is 8.64. The highest BCUT2D eigenvalue weighted by Crippen LogP contribution is 2.57. The number of benzene rings is 2. The lowest BCUT2D eigenvalue weighted by molar-refractivity contribution is -0.138. The summed E-state index contributed by atoms with van der Waals surface area (Å²) in [6.45, 7) is 1.96. The van der Waals surface area contributed by atoms with Crippen LogP contribution in [0.25, 0.3) is 11.3 Å². The van der Waals surface area contributed by atoms with Crippen LogP contribution >= 0.6 is 11.3 Å². The van der Waals surface area contributed by atoms with Crippen molar-refractivity contribution in [3.63, 3.8) is 0 Å². The molecule has 0 N–H and O–H groups in total. The lowest BCUT2D eigenvalue weighted by atomic mass is 9.91. The molecule has 1 saturated carbocycles. The Morgan fingerprint density at radius 1 is 1.04 bits per heavy atom. The lowest BCUT2D eigenvalue weighted by Crippen LogP contribution is -2.17. The van der Waals surface area contributed by atoms with Crippen LogP contribution in [0.5, 0.6) is 5.75 Å². The third-order valence-electron chi connectivity index (χ3n) is 5.07. The van der Waals surface area contributed by atoms with E-state index in [2.05, 4.69) is 0 Å². The maximum Gasteiger partial charge on any atom is 0.416 e. The Bertz CT molecular complexity index is 972. The molecular weight excluding hydrogens is 371 g/mol. The number of hydrogen-bond acceptors (Lipinski definition) is 3. The van der Waals surface area contributed by atoms with Crippen LogP contribution in [-0.4, -0.2) is 12.1 Å². The average Bonchev–Trinajstić information content (AvgIpc) is 3.38. The van der Waals surface area contributed by atoms with Gasteiger partial charge in [-0.15, -0.1) is 11.3 Å². The van der Waals surface area contributed by atoms with Crippen LogP contribution in [0, 0.1) is 6.92 Å². The van der Waals surface area contributed by atoms with E-state index in [-0.39, 0.29) is 0 Å². The van der Waals surface area contributed by atoms with Crippen molar-refractivity contribution >= 4 is 11.3 Å². The summed E-state index contributed by atoms with van der Waals surface area (Å²) >= 11 is 1.49. The van der Waals surface area contributed by atoms with Gasteiger partial charge in [0.05, 0.1) is 18.4 Å². The maximum atomic E-state index is 13.5. The summed E-state index contributed by atoms with van der Waals surface area (Å²) in [6, 6.07) is 13.5. The second-order valence-electron chi connectivity index (χ2n) is 6.78. The normalized spacial score (nSPS) is 15.6. The Labute approximate surface area is 159 Å². The van der Waals surface area contributed by atoms with Crippen molar-refractivity contribution in [2.24, 2.45) is 0 Å². The molecule has 2 aromatic carbocycles. The van der Waals surface area contributed by atoms with E-state index >= 15 is 0 Å². The zero-order chi connectivity index (χ0) is 19.2. The molecule has 0 atom stereocenters. The highest BCUT2D eigenvalue weighted by atomic mass is 32.1. The van der Waals surface area contributed by atoms with Crippen LogP contribution in [0.4, 0.5) is 13.2 Å². The largest absolute Gasteiger partial charge is 0.497 e. The van der Waals surface area contributed by atoms with Gasteiger partial charge in [0.25, 0.3) is 0 Å². The number of aromatic nitrogens is 1. The van der Waals surface area contributed by atoms with E-state index in [1.165, 1.54) is 23.5 Å². The van der Waals surface area contributed by atoms with Gasteiger partial charge in [0.15, 0.2) is 0 Å². The molecule has 1 aromatic heterocycles. The number of thiazole rings is 1. The molecule has 140 valence electrons. The Balaban J connectivity index is 1.77. The standard InChI is InChI=1S/C21H18F3NOS/c1-13-18(14-7-9-15(26-2)10-8-14)25-19(27-13)20(11-12-20)16-5-3-4-6-17(16)21(22,23)24/h3-10H,11-12H2,1-2H3. The van der Waals surface area contributed by atoms with Gasteiger partial charge in [0.2, 0.25) is 0 Å². The number of hydrogen-bond donors (Lipinski definition) is 0. The summed E-state index contributed by atoms with van der Waals surface area (Å²) in [7, 11) is 1.61. The van der Waals surface area contributed by atoms with Gasteiger partial charge in [-0.2, -0.15) is 13.2 Å². The number of ether oxygens (including phenoxy) is 1. The summed E-state index contributed by atoms with van der Waals surface area (Å²) in [5.41, 5.74) is 0.935. The third kappa shape index (κ3) is 3.12. The maximum absolute atomic E-state index is 13.5. The third-order valence-corrected chi connectivity index (χ3v) is 6.24. The van der Waals surface area contributed by atoms with Crippen LogP contribution < -0.4 is 4.74 Å². The van der Waals surface area contributed by atoms with Crippen molar-refractivity contribution in [3.05, 3.63) is 69.5 Å². The molecule has 0 radical (unpaired) electrons. The minimum absolute atomic E-state index is 0.340. The lowest BCUT2D eigenvalue weighted by Gasteiger charge is -2.19. The van der Waals surface area contributed by atoms with Crippen LogP contribution in [-0.2, 0) is 11.6 Å². The molecule has 27 heavy (non-hydrogen) atoms. The molecule has 0 bridgehead atoms. The van der Waals surface area contributed by atoms with E-state index in [1.807, 2.05) is 31.2 Å². The fraction of sp³-hybridized carbons (Fsp3) is 0.286. The highest BCUT2D eigenvalue weighted by Gasteiger charge is 2.52. The predicted octanol–water partition coefficient (Wildman–Crippen LogP) is 6.23. The van der Waals surface area contributed by atoms with Crippen molar-refractivity contribution in [1.82, 2.24) is 4.98 Å². The molecule has 4 rings (SSSR count). The van der Waals surface area contributed by atoms with Crippen molar-refractivity contribution < 1.29 is 17.9 Å². The minimum Gasteiger partial charge on any atom is -0.497 e. The number of halogens is 3. The van der Waals surface area contributed by atoms with Gasteiger partial charge in [-0.05, 0) is 55.7 Å². The summed E-state index contributed by atoms with van der Waals surface area (Å²) in [4.78, 5) is 5.79. The molecule has 0 aliphatic heterocycles. The molecule has 6 heteroatoms. The van der Waals surface area contributed by atoms with E-state index in [0.717, 1.165) is 26.9 Å². The van der Waals surface area contributed by atoms with Gasteiger partial charge in [0.1, 0.15) is 10.8 Å². The molecular formula is C21H18F3NOS. The summed E-state index contributed by atoms with van der Waals surface area (Å²) < 4.78 is 45.7. The molecule has 0 saturated heterocycles. The van der Waals surface area contributed by atoms with Gasteiger partial charge in [0, 0.05) is 15.9 Å². The zero-order valence-electron chi connectivity index (χ0n) is 14.9. The Kier molecular flexibility index (Phi) is 4.26. The number of aryl methyl sites for hydroxylation is 1. The van der Waals surface area contributed by atoms with Crippen molar-refractivity contribution in [1.29, 1.82) is 0 Å². The first-order chi connectivity index (χ1) is 12.8. The van der Waals surface area contributed by atoms with Gasteiger partial charge in [-0.1, -0.05) is 18.2 Å². The predicted molar refractivity (Wildman–Crippen MR) is 100 cm³/mol.